The van der Waals surface area contributed by atoms with Gasteiger partial charge < -0.3 is 5.32 Å². The van der Waals surface area contributed by atoms with Crippen molar-refractivity contribution in [2.24, 2.45) is 5.92 Å². The third-order valence-electron chi connectivity index (χ3n) is 3.13. The van der Waals surface area contributed by atoms with E-state index in [1.807, 2.05) is 6.92 Å². The van der Waals surface area contributed by atoms with Crippen LogP contribution in [0.2, 0.25) is 0 Å². The molecule has 1 N–H and O–H groups in total. The van der Waals surface area contributed by atoms with Gasteiger partial charge in [0.1, 0.15) is 9.87 Å². The molecule has 0 bridgehead atoms. The minimum atomic E-state index is 0.799. The molecule has 1 saturated carbocycles. The summed E-state index contributed by atoms with van der Waals surface area (Å²) in [6, 6.07) is 0. The minimum Gasteiger partial charge on any atom is -0.375 e. The van der Waals surface area contributed by atoms with E-state index >= 15 is 0 Å². The SMILES string of the molecule is Cc1nnsc1C(=S)NCC1CCCCC1. The molecule has 1 fully saturated rings. The fourth-order valence-corrected chi connectivity index (χ4v) is 3.06. The highest BCUT2D eigenvalue weighted by Crippen LogP contribution is 2.23. The normalized spacial score (nSPS) is 17.3. The largest absolute Gasteiger partial charge is 0.375 e. The van der Waals surface area contributed by atoms with Crippen LogP contribution in [0.25, 0.3) is 0 Å². The van der Waals surface area contributed by atoms with Crippen molar-refractivity contribution in [2.75, 3.05) is 6.54 Å². The van der Waals surface area contributed by atoms with Crippen LogP contribution in [0, 0.1) is 12.8 Å². The highest BCUT2D eigenvalue weighted by Gasteiger charge is 2.15. The Hall–Kier alpha value is -0.550. The predicted octanol–water partition coefficient (Wildman–Crippen LogP) is 2.69. The van der Waals surface area contributed by atoms with Crippen LogP contribution in [0.1, 0.15) is 42.7 Å². The number of hydrogen-bond donors (Lipinski definition) is 1. The minimum absolute atomic E-state index is 0.799. The monoisotopic (exact) mass is 255 g/mol. The second-order valence-corrected chi connectivity index (χ2v) is 5.56. The zero-order valence-corrected chi connectivity index (χ0v) is 11.2. The summed E-state index contributed by atoms with van der Waals surface area (Å²) < 4.78 is 3.90. The number of nitrogens with zero attached hydrogens (tertiary/aromatic N) is 2. The number of aryl methyl sites for hydroxylation is 1. The highest BCUT2D eigenvalue weighted by molar-refractivity contribution is 7.81. The molecule has 0 spiro atoms. The van der Waals surface area contributed by atoms with Gasteiger partial charge in [0.25, 0.3) is 0 Å². The van der Waals surface area contributed by atoms with Crippen LogP contribution in [0.4, 0.5) is 0 Å². The summed E-state index contributed by atoms with van der Waals surface area (Å²) >= 11 is 6.73. The van der Waals surface area contributed by atoms with Crippen molar-refractivity contribution in [3.63, 3.8) is 0 Å². The first-order chi connectivity index (χ1) is 7.77. The number of thiocarbonyl (C=S) groups is 1. The summed E-state index contributed by atoms with van der Waals surface area (Å²) in [5, 5.41) is 7.33. The van der Waals surface area contributed by atoms with E-state index in [0.717, 1.165) is 28.0 Å². The maximum atomic E-state index is 5.35. The van der Waals surface area contributed by atoms with Gasteiger partial charge in [-0.1, -0.05) is 36.0 Å². The van der Waals surface area contributed by atoms with Gasteiger partial charge in [-0.05, 0) is 37.2 Å². The van der Waals surface area contributed by atoms with Gasteiger partial charge in [0, 0.05) is 6.54 Å². The summed E-state index contributed by atoms with van der Waals surface area (Å²) in [7, 11) is 0. The average Bonchev–Trinajstić information content (AvgIpc) is 2.74. The van der Waals surface area contributed by atoms with Crippen molar-refractivity contribution in [3.8, 4) is 0 Å². The Labute approximate surface area is 106 Å². The lowest BCUT2D eigenvalue weighted by atomic mass is 9.89. The third-order valence-corrected chi connectivity index (χ3v) is 4.46. The van der Waals surface area contributed by atoms with Gasteiger partial charge in [0.2, 0.25) is 0 Å². The molecule has 1 aromatic heterocycles. The topological polar surface area (TPSA) is 37.8 Å². The molecule has 3 nitrogen and oxygen atoms in total. The lowest BCUT2D eigenvalue weighted by molar-refractivity contribution is 0.357. The van der Waals surface area contributed by atoms with Gasteiger partial charge >= 0.3 is 0 Å². The fraction of sp³-hybridized carbons (Fsp3) is 0.727. The molecular weight excluding hydrogens is 238 g/mol. The molecule has 88 valence electrons. The van der Waals surface area contributed by atoms with E-state index in [2.05, 4.69) is 14.9 Å². The second-order valence-electron chi connectivity index (χ2n) is 4.40. The second kappa shape index (κ2) is 5.68. The van der Waals surface area contributed by atoms with Gasteiger partial charge in [-0.25, -0.2) is 0 Å². The van der Waals surface area contributed by atoms with Crippen LogP contribution < -0.4 is 5.32 Å². The van der Waals surface area contributed by atoms with E-state index in [1.54, 1.807) is 0 Å². The maximum Gasteiger partial charge on any atom is 0.120 e. The first-order valence-corrected chi connectivity index (χ1v) is 7.02. The number of nitrogens with one attached hydrogen (secondary N) is 1. The standard InChI is InChI=1S/C11H17N3S2/c1-8-10(16-14-13-8)11(15)12-7-9-5-3-2-4-6-9/h9H,2-7H2,1H3,(H,12,15). The van der Waals surface area contributed by atoms with Gasteiger partial charge in [0.05, 0.1) is 5.69 Å². The average molecular weight is 255 g/mol. The molecule has 0 aromatic carbocycles. The molecule has 0 amide bonds. The zero-order chi connectivity index (χ0) is 11.4. The Morgan fingerprint density at radius 2 is 2.19 bits per heavy atom. The lowest BCUT2D eigenvalue weighted by Gasteiger charge is -2.22. The van der Waals surface area contributed by atoms with Crippen molar-refractivity contribution in [2.45, 2.75) is 39.0 Å². The molecule has 1 aromatic rings. The molecular formula is C11H17N3S2. The number of hydrogen-bond acceptors (Lipinski definition) is 4. The van der Waals surface area contributed by atoms with Crippen LogP contribution in [0.5, 0.6) is 0 Å². The summed E-state index contributed by atoms with van der Waals surface area (Å²) in [5.74, 6) is 0.799. The first-order valence-electron chi connectivity index (χ1n) is 5.84. The van der Waals surface area contributed by atoms with E-state index < -0.39 is 0 Å². The van der Waals surface area contributed by atoms with Crippen LogP contribution in [0.3, 0.4) is 0 Å². The third kappa shape index (κ3) is 2.98. The van der Waals surface area contributed by atoms with Crippen molar-refractivity contribution in [1.29, 1.82) is 0 Å². The van der Waals surface area contributed by atoms with Crippen LogP contribution >= 0.6 is 23.8 Å². The summed E-state index contributed by atoms with van der Waals surface area (Å²) in [4.78, 5) is 1.84. The summed E-state index contributed by atoms with van der Waals surface area (Å²) in [6.07, 6.45) is 6.84. The van der Waals surface area contributed by atoms with Crippen molar-refractivity contribution in [3.05, 3.63) is 10.6 Å². The molecule has 1 heterocycles. The lowest BCUT2D eigenvalue weighted by Crippen LogP contribution is -2.29. The number of rotatable bonds is 3. The predicted molar refractivity (Wildman–Crippen MR) is 70.9 cm³/mol. The molecule has 0 unspecified atom stereocenters. The van der Waals surface area contributed by atoms with Crippen LogP contribution in [-0.2, 0) is 0 Å². The highest BCUT2D eigenvalue weighted by atomic mass is 32.1. The van der Waals surface area contributed by atoms with Crippen molar-refractivity contribution in [1.82, 2.24) is 14.9 Å². The molecule has 0 aliphatic heterocycles. The Morgan fingerprint density at radius 3 is 2.81 bits per heavy atom. The smallest absolute Gasteiger partial charge is 0.120 e. The van der Waals surface area contributed by atoms with Crippen LogP contribution in [-0.4, -0.2) is 21.1 Å². The van der Waals surface area contributed by atoms with E-state index in [9.17, 15) is 0 Å². The molecule has 1 aliphatic rings. The molecule has 0 radical (unpaired) electrons. The Morgan fingerprint density at radius 1 is 1.44 bits per heavy atom. The van der Waals surface area contributed by atoms with Gasteiger partial charge in [-0.3, -0.25) is 0 Å². The van der Waals surface area contributed by atoms with Gasteiger partial charge in [-0.2, -0.15) is 0 Å². The Bertz CT molecular complexity index is 356. The van der Waals surface area contributed by atoms with Gasteiger partial charge in [-0.15, -0.1) is 5.10 Å². The van der Waals surface area contributed by atoms with E-state index in [1.165, 1.54) is 43.6 Å². The summed E-state index contributed by atoms with van der Waals surface area (Å²) in [6.45, 7) is 2.96. The molecule has 16 heavy (non-hydrogen) atoms. The quantitative estimate of drug-likeness (QED) is 0.843. The Kier molecular flexibility index (Phi) is 4.23. The summed E-state index contributed by atoms with van der Waals surface area (Å²) in [5.41, 5.74) is 0.936. The van der Waals surface area contributed by atoms with Gasteiger partial charge in [0.15, 0.2) is 0 Å². The van der Waals surface area contributed by atoms with E-state index in [-0.39, 0.29) is 0 Å². The van der Waals surface area contributed by atoms with E-state index in [0.29, 0.717) is 0 Å². The molecule has 0 saturated heterocycles. The van der Waals surface area contributed by atoms with E-state index in [4.69, 9.17) is 12.2 Å². The van der Waals surface area contributed by atoms with Crippen LogP contribution in [0.15, 0.2) is 0 Å². The maximum absolute atomic E-state index is 5.35. The van der Waals surface area contributed by atoms with Crippen molar-refractivity contribution < 1.29 is 0 Å². The number of aromatic nitrogens is 2. The molecule has 0 atom stereocenters. The van der Waals surface area contributed by atoms with Crippen molar-refractivity contribution >= 4 is 28.7 Å². The molecule has 5 heteroatoms. The fourth-order valence-electron chi connectivity index (χ4n) is 2.15. The zero-order valence-electron chi connectivity index (χ0n) is 9.53. The molecule has 1 aliphatic carbocycles. The first kappa shape index (κ1) is 11.9. The molecule has 2 rings (SSSR count). The Balaban J connectivity index is 1.81.